The summed E-state index contributed by atoms with van der Waals surface area (Å²) in [6, 6.07) is 14.9. The lowest BCUT2D eigenvalue weighted by atomic mass is 10.1. The predicted molar refractivity (Wildman–Crippen MR) is 104 cm³/mol. The van der Waals surface area contributed by atoms with Crippen molar-refractivity contribution in [3.63, 3.8) is 0 Å². The van der Waals surface area contributed by atoms with E-state index in [0.29, 0.717) is 0 Å². The molecular formula is C21H28N2O3. The predicted octanol–water partition coefficient (Wildman–Crippen LogP) is 3.39. The Labute approximate surface area is 155 Å². The Kier molecular flexibility index (Phi) is 6.36. The zero-order valence-electron chi connectivity index (χ0n) is 15.8. The summed E-state index contributed by atoms with van der Waals surface area (Å²) in [4.78, 5) is 2.37. The van der Waals surface area contributed by atoms with Crippen molar-refractivity contribution in [3.8, 4) is 11.5 Å². The number of morpholine rings is 1. The van der Waals surface area contributed by atoms with Gasteiger partial charge in [-0.3, -0.25) is 0 Å². The van der Waals surface area contributed by atoms with Crippen molar-refractivity contribution >= 4 is 5.69 Å². The van der Waals surface area contributed by atoms with Crippen LogP contribution in [0.1, 0.15) is 24.1 Å². The highest BCUT2D eigenvalue weighted by molar-refractivity contribution is 5.48. The normalized spacial score (nSPS) is 15.6. The molecule has 0 radical (unpaired) electrons. The van der Waals surface area contributed by atoms with E-state index in [1.165, 1.54) is 11.3 Å². The van der Waals surface area contributed by atoms with Crippen molar-refractivity contribution in [2.24, 2.45) is 0 Å². The molecule has 26 heavy (non-hydrogen) atoms. The summed E-state index contributed by atoms with van der Waals surface area (Å²) in [7, 11) is 3.35. The first-order chi connectivity index (χ1) is 12.7. The molecule has 0 aliphatic carbocycles. The maximum absolute atomic E-state index is 5.51. The first kappa shape index (κ1) is 18.5. The maximum atomic E-state index is 5.51. The number of anilines is 1. The summed E-state index contributed by atoms with van der Waals surface area (Å²) >= 11 is 0. The van der Waals surface area contributed by atoms with Crippen molar-refractivity contribution in [2.75, 3.05) is 45.4 Å². The van der Waals surface area contributed by atoms with Gasteiger partial charge in [0.05, 0.1) is 27.4 Å². The van der Waals surface area contributed by atoms with Crippen LogP contribution in [0.15, 0.2) is 42.5 Å². The monoisotopic (exact) mass is 356 g/mol. The second kappa shape index (κ2) is 8.92. The standard InChI is InChI=1S/C21H28N2O3/c1-16(20-9-8-19(24-2)14-21(20)25-3)22-15-17-4-6-18(7-5-17)23-10-12-26-13-11-23/h4-9,14,16,22H,10-13,15H2,1-3H3/t16-/m0/s1. The molecule has 0 spiro atoms. The number of benzene rings is 2. The van der Waals surface area contributed by atoms with Crippen molar-refractivity contribution < 1.29 is 14.2 Å². The van der Waals surface area contributed by atoms with Crippen LogP contribution in [-0.2, 0) is 11.3 Å². The molecule has 5 nitrogen and oxygen atoms in total. The zero-order chi connectivity index (χ0) is 18.4. The molecule has 1 atom stereocenters. The topological polar surface area (TPSA) is 43.0 Å². The molecule has 5 heteroatoms. The number of hydrogen-bond donors (Lipinski definition) is 1. The van der Waals surface area contributed by atoms with Crippen LogP contribution in [0.3, 0.4) is 0 Å². The second-order valence-electron chi connectivity index (χ2n) is 6.48. The van der Waals surface area contributed by atoms with Crippen LogP contribution in [-0.4, -0.2) is 40.5 Å². The molecule has 1 heterocycles. The average molecular weight is 356 g/mol. The molecule has 0 bridgehead atoms. The lowest BCUT2D eigenvalue weighted by molar-refractivity contribution is 0.122. The molecule has 1 N–H and O–H groups in total. The molecule has 2 aromatic carbocycles. The van der Waals surface area contributed by atoms with Crippen LogP contribution in [0, 0.1) is 0 Å². The highest BCUT2D eigenvalue weighted by Gasteiger charge is 2.13. The van der Waals surface area contributed by atoms with E-state index in [1.807, 2.05) is 12.1 Å². The molecular weight excluding hydrogens is 328 g/mol. The number of ether oxygens (including phenoxy) is 3. The Balaban J connectivity index is 1.59. The van der Waals surface area contributed by atoms with Crippen LogP contribution in [0.25, 0.3) is 0 Å². The number of nitrogens with zero attached hydrogens (tertiary/aromatic N) is 1. The van der Waals surface area contributed by atoms with Crippen LogP contribution >= 0.6 is 0 Å². The molecule has 0 saturated carbocycles. The van der Waals surface area contributed by atoms with E-state index in [9.17, 15) is 0 Å². The van der Waals surface area contributed by atoms with E-state index >= 15 is 0 Å². The molecule has 2 aromatic rings. The van der Waals surface area contributed by atoms with E-state index in [2.05, 4.69) is 47.5 Å². The smallest absolute Gasteiger partial charge is 0.127 e. The van der Waals surface area contributed by atoms with Crippen molar-refractivity contribution in [1.29, 1.82) is 0 Å². The highest BCUT2D eigenvalue weighted by atomic mass is 16.5. The summed E-state index contributed by atoms with van der Waals surface area (Å²) < 4.78 is 16.2. The Morgan fingerprint density at radius 1 is 1.04 bits per heavy atom. The molecule has 1 saturated heterocycles. The van der Waals surface area contributed by atoms with Gasteiger partial charge in [-0.2, -0.15) is 0 Å². The minimum Gasteiger partial charge on any atom is -0.497 e. The van der Waals surface area contributed by atoms with E-state index in [1.54, 1.807) is 14.2 Å². The Morgan fingerprint density at radius 3 is 2.42 bits per heavy atom. The number of methoxy groups -OCH3 is 2. The summed E-state index contributed by atoms with van der Waals surface area (Å²) in [6.07, 6.45) is 0. The van der Waals surface area contributed by atoms with Crippen LogP contribution in [0.4, 0.5) is 5.69 Å². The number of nitrogens with one attached hydrogen (secondary N) is 1. The largest absolute Gasteiger partial charge is 0.497 e. The Hall–Kier alpha value is -2.24. The first-order valence-corrected chi connectivity index (χ1v) is 9.08. The van der Waals surface area contributed by atoms with Gasteiger partial charge in [0.25, 0.3) is 0 Å². The van der Waals surface area contributed by atoms with Crippen LogP contribution < -0.4 is 19.7 Å². The summed E-state index contributed by atoms with van der Waals surface area (Å²) in [5.74, 6) is 1.64. The van der Waals surface area contributed by atoms with Gasteiger partial charge in [-0.1, -0.05) is 18.2 Å². The molecule has 140 valence electrons. The molecule has 3 rings (SSSR count). The van der Waals surface area contributed by atoms with Gasteiger partial charge in [-0.05, 0) is 30.7 Å². The van der Waals surface area contributed by atoms with E-state index in [-0.39, 0.29) is 6.04 Å². The van der Waals surface area contributed by atoms with Gasteiger partial charge in [0.1, 0.15) is 11.5 Å². The SMILES string of the molecule is COc1ccc([C@H](C)NCc2ccc(N3CCOCC3)cc2)c(OC)c1. The molecule has 0 aromatic heterocycles. The summed E-state index contributed by atoms with van der Waals surface area (Å²) in [5.41, 5.74) is 3.65. The Bertz CT molecular complexity index is 697. The fraction of sp³-hybridized carbons (Fsp3) is 0.429. The first-order valence-electron chi connectivity index (χ1n) is 9.08. The van der Waals surface area contributed by atoms with E-state index < -0.39 is 0 Å². The van der Waals surface area contributed by atoms with Gasteiger partial charge < -0.3 is 24.4 Å². The third-order valence-corrected chi connectivity index (χ3v) is 4.83. The fourth-order valence-corrected chi connectivity index (χ4v) is 3.20. The van der Waals surface area contributed by atoms with E-state index in [4.69, 9.17) is 14.2 Å². The van der Waals surface area contributed by atoms with Crippen molar-refractivity contribution in [1.82, 2.24) is 5.32 Å². The lowest BCUT2D eigenvalue weighted by Crippen LogP contribution is -2.36. The quantitative estimate of drug-likeness (QED) is 0.824. The van der Waals surface area contributed by atoms with Crippen LogP contribution in [0.2, 0.25) is 0 Å². The fourth-order valence-electron chi connectivity index (χ4n) is 3.20. The highest BCUT2D eigenvalue weighted by Crippen LogP contribution is 2.29. The Morgan fingerprint density at radius 2 is 1.77 bits per heavy atom. The third-order valence-electron chi connectivity index (χ3n) is 4.83. The molecule has 0 amide bonds. The minimum atomic E-state index is 0.176. The number of rotatable bonds is 7. The third kappa shape index (κ3) is 4.48. The second-order valence-corrected chi connectivity index (χ2v) is 6.48. The van der Waals surface area contributed by atoms with Gasteiger partial charge in [-0.25, -0.2) is 0 Å². The van der Waals surface area contributed by atoms with Crippen LogP contribution in [0.5, 0.6) is 11.5 Å². The lowest BCUT2D eigenvalue weighted by Gasteiger charge is -2.29. The summed E-state index contributed by atoms with van der Waals surface area (Å²) in [5, 5.41) is 3.57. The molecule has 1 aliphatic rings. The van der Waals surface area contributed by atoms with Crippen molar-refractivity contribution in [2.45, 2.75) is 19.5 Å². The van der Waals surface area contributed by atoms with Gasteiger partial charge in [0.2, 0.25) is 0 Å². The van der Waals surface area contributed by atoms with Gasteiger partial charge >= 0.3 is 0 Å². The zero-order valence-corrected chi connectivity index (χ0v) is 15.8. The van der Waals surface area contributed by atoms with Gasteiger partial charge in [0.15, 0.2) is 0 Å². The van der Waals surface area contributed by atoms with E-state index in [0.717, 1.165) is 49.9 Å². The van der Waals surface area contributed by atoms with Crippen molar-refractivity contribution in [3.05, 3.63) is 53.6 Å². The minimum absolute atomic E-state index is 0.176. The van der Waals surface area contributed by atoms with Gasteiger partial charge in [-0.15, -0.1) is 0 Å². The molecule has 1 fully saturated rings. The number of hydrogen-bond acceptors (Lipinski definition) is 5. The summed E-state index contributed by atoms with van der Waals surface area (Å²) in [6.45, 7) is 6.50. The average Bonchev–Trinajstić information content (AvgIpc) is 2.72. The molecule has 0 unspecified atom stereocenters. The maximum Gasteiger partial charge on any atom is 0.127 e. The van der Waals surface area contributed by atoms with Gasteiger partial charge in [0, 0.05) is 43.0 Å². The molecule has 1 aliphatic heterocycles.